The molecule has 126 valence electrons. The van der Waals surface area contributed by atoms with E-state index in [2.05, 4.69) is 5.10 Å². The summed E-state index contributed by atoms with van der Waals surface area (Å²) in [5, 5.41) is 4.33. The normalized spacial score (nSPS) is 10.5. The maximum Gasteiger partial charge on any atom is 0.267 e. The Morgan fingerprint density at radius 3 is 2.56 bits per heavy atom. The van der Waals surface area contributed by atoms with E-state index in [4.69, 9.17) is 16.3 Å². The van der Waals surface area contributed by atoms with E-state index in [9.17, 15) is 9.59 Å². The Bertz CT molecular complexity index is 965. The van der Waals surface area contributed by atoms with Gasteiger partial charge in [0.15, 0.2) is 5.78 Å². The fourth-order valence-electron chi connectivity index (χ4n) is 2.44. The molecule has 0 saturated heterocycles. The number of ketones is 1. The zero-order chi connectivity index (χ0) is 17.8. The molecule has 5 nitrogen and oxygen atoms in total. The molecule has 1 heterocycles. The Morgan fingerprint density at radius 2 is 1.88 bits per heavy atom. The number of methoxy groups -OCH3 is 1. The van der Waals surface area contributed by atoms with E-state index in [1.54, 1.807) is 55.6 Å². The minimum atomic E-state index is -0.231. The van der Waals surface area contributed by atoms with Crippen molar-refractivity contribution in [3.8, 4) is 5.75 Å². The minimum Gasteiger partial charge on any atom is -0.497 e. The van der Waals surface area contributed by atoms with Gasteiger partial charge in [0.1, 0.15) is 5.75 Å². The van der Waals surface area contributed by atoms with Gasteiger partial charge in [-0.2, -0.15) is 5.10 Å². The average Bonchev–Trinajstić information content (AvgIpc) is 2.65. The van der Waals surface area contributed by atoms with Crippen molar-refractivity contribution in [2.45, 2.75) is 6.54 Å². The zero-order valence-corrected chi connectivity index (χ0v) is 14.2. The van der Waals surface area contributed by atoms with Crippen LogP contribution in [0.4, 0.5) is 0 Å². The maximum absolute atomic E-state index is 12.7. The van der Waals surface area contributed by atoms with E-state index in [1.165, 1.54) is 16.9 Å². The lowest BCUT2D eigenvalue weighted by Gasteiger charge is -2.10. The molecule has 0 saturated carbocycles. The standard InChI is InChI=1S/C19H15ClN2O3/c1-25-15-9-7-13(8-10-15)19(24)16-5-2-4-14(18(16)20)12-22-17(23)6-3-11-21-22/h2-11H,12H2,1H3. The van der Waals surface area contributed by atoms with Crippen molar-refractivity contribution in [2.24, 2.45) is 0 Å². The summed E-state index contributed by atoms with van der Waals surface area (Å²) in [5.41, 5.74) is 1.32. The van der Waals surface area contributed by atoms with Gasteiger partial charge < -0.3 is 4.74 Å². The molecule has 0 radical (unpaired) electrons. The molecule has 0 bridgehead atoms. The van der Waals surface area contributed by atoms with Crippen LogP contribution in [-0.4, -0.2) is 22.7 Å². The lowest BCUT2D eigenvalue weighted by molar-refractivity contribution is 0.103. The molecule has 3 rings (SSSR count). The van der Waals surface area contributed by atoms with Gasteiger partial charge in [0.2, 0.25) is 0 Å². The second kappa shape index (κ2) is 7.32. The summed E-state index contributed by atoms with van der Waals surface area (Å²) in [6.45, 7) is 0.197. The topological polar surface area (TPSA) is 61.2 Å². The summed E-state index contributed by atoms with van der Waals surface area (Å²) >= 11 is 6.43. The van der Waals surface area contributed by atoms with E-state index < -0.39 is 0 Å². The average molecular weight is 355 g/mol. The second-order valence-corrected chi connectivity index (χ2v) is 5.73. The highest BCUT2D eigenvalue weighted by Crippen LogP contribution is 2.25. The van der Waals surface area contributed by atoms with Crippen LogP contribution < -0.4 is 10.3 Å². The number of rotatable bonds is 5. The van der Waals surface area contributed by atoms with Crippen molar-refractivity contribution in [1.29, 1.82) is 0 Å². The van der Waals surface area contributed by atoms with Crippen molar-refractivity contribution in [2.75, 3.05) is 7.11 Å². The van der Waals surface area contributed by atoms with Crippen LogP contribution in [0.1, 0.15) is 21.5 Å². The number of benzene rings is 2. The third-order valence-corrected chi connectivity index (χ3v) is 4.23. The summed E-state index contributed by atoms with van der Waals surface area (Å²) in [6, 6.07) is 15.0. The van der Waals surface area contributed by atoms with Crippen molar-refractivity contribution < 1.29 is 9.53 Å². The Kier molecular flexibility index (Phi) is 4.95. The number of hydrogen-bond donors (Lipinski definition) is 0. The molecule has 25 heavy (non-hydrogen) atoms. The third kappa shape index (κ3) is 3.61. The fraction of sp³-hybridized carbons (Fsp3) is 0.105. The van der Waals surface area contributed by atoms with Crippen LogP contribution in [0.2, 0.25) is 5.02 Å². The number of ether oxygens (including phenoxy) is 1. The molecule has 0 amide bonds. The predicted molar refractivity (Wildman–Crippen MR) is 95.5 cm³/mol. The van der Waals surface area contributed by atoms with Crippen molar-refractivity contribution in [3.05, 3.63) is 92.9 Å². The highest BCUT2D eigenvalue weighted by Gasteiger charge is 2.16. The molecule has 0 spiro atoms. The highest BCUT2D eigenvalue weighted by molar-refractivity contribution is 6.35. The highest BCUT2D eigenvalue weighted by atomic mass is 35.5. The molecule has 2 aromatic carbocycles. The zero-order valence-electron chi connectivity index (χ0n) is 13.5. The van der Waals surface area contributed by atoms with Crippen molar-refractivity contribution in [1.82, 2.24) is 9.78 Å². The van der Waals surface area contributed by atoms with E-state index in [-0.39, 0.29) is 17.9 Å². The molecule has 0 fully saturated rings. The molecule has 0 atom stereocenters. The smallest absolute Gasteiger partial charge is 0.267 e. The number of carbonyl (C=O) groups excluding carboxylic acids is 1. The first-order chi connectivity index (χ1) is 12.1. The lowest BCUT2D eigenvalue weighted by Crippen LogP contribution is -2.22. The minimum absolute atomic E-state index is 0.192. The largest absolute Gasteiger partial charge is 0.497 e. The van der Waals surface area contributed by atoms with Crippen LogP contribution >= 0.6 is 11.6 Å². The summed E-state index contributed by atoms with van der Waals surface area (Å²) in [6.07, 6.45) is 1.53. The number of halogens is 1. The van der Waals surface area contributed by atoms with Crippen molar-refractivity contribution in [3.63, 3.8) is 0 Å². The Balaban J connectivity index is 1.93. The maximum atomic E-state index is 12.7. The molecular weight excluding hydrogens is 340 g/mol. The first-order valence-electron chi connectivity index (χ1n) is 7.58. The van der Waals surface area contributed by atoms with Gasteiger partial charge in [-0.05, 0) is 42.0 Å². The van der Waals surface area contributed by atoms with Gasteiger partial charge in [0.05, 0.1) is 18.7 Å². The summed E-state index contributed by atoms with van der Waals surface area (Å²) in [5.74, 6) is 0.480. The Labute approximate surface area is 149 Å². The Morgan fingerprint density at radius 1 is 1.12 bits per heavy atom. The number of nitrogens with zero attached hydrogens (tertiary/aromatic N) is 2. The van der Waals surface area contributed by atoms with Gasteiger partial charge in [-0.1, -0.05) is 23.7 Å². The molecule has 3 aromatic rings. The molecule has 6 heteroatoms. The van der Waals surface area contributed by atoms with Crippen LogP contribution in [0, 0.1) is 0 Å². The van der Waals surface area contributed by atoms with E-state index in [1.807, 2.05) is 0 Å². The first-order valence-corrected chi connectivity index (χ1v) is 7.96. The van der Waals surface area contributed by atoms with Crippen LogP contribution in [0.25, 0.3) is 0 Å². The van der Waals surface area contributed by atoms with Gasteiger partial charge in [0, 0.05) is 23.4 Å². The molecule has 0 aliphatic carbocycles. The molecule has 0 aliphatic heterocycles. The van der Waals surface area contributed by atoms with Crippen molar-refractivity contribution >= 4 is 17.4 Å². The molecular formula is C19H15ClN2O3. The van der Waals surface area contributed by atoms with Gasteiger partial charge in [-0.3, -0.25) is 9.59 Å². The quantitative estimate of drug-likeness (QED) is 0.660. The molecule has 0 unspecified atom stereocenters. The lowest BCUT2D eigenvalue weighted by atomic mass is 10.0. The predicted octanol–water partition coefficient (Wildman–Crippen LogP) is 3.18. The van der Waals surface area contributed by atoms with Crippen LogP contribution in [-0.2, 0) is 6.54 Å². The summed E-state index contributed by atoms with van der Waals surface area (Å²) in [7, 11) is 1.57. The second-order valence-electron chi connectivity index (χ2n) is 5.36. The van der Waals surface area contributed by atoms with Gasteiger partial charge in [0.25, 0.3) is 5.56 Å². The van der Waals surface area contributed by atoms with Crippen LogP contribution in [0.15, 0.2) is 65.6 Å². The number of hydrogen-bond acceptors (Lipinski definition) is 4. The monoisotopic (exact) mass is 354 g/mol. The van der Waals surface area contributed by atoms with E-state index in [0.717, 1.165) is 0 Å². The number of carbonyl (C=O) groups is 1. The summed E-state index contributed by atoms with van der Waals surface area (Å²) < 4.78 is 6.39. The molecule has 1 aromatic heterocycles. The fourth-order valence-corrected chi connectivity index (χ4v) is 2.71. The van der Waals surface area contributed by atoms with Gasteiger partial charge >= 0.3 is 0 Å². The first kappa shape index (κ1) is 16.9. The van der Waals surface area contributed by atoms with Gasteiger partial charge in [-0.15, -0.1) is 0 Å². The van der Waals surface area contributed by atoms with E-state index in [0.29, 0.717) is 27.5 Å². The SMILES string of the molecule is COc1ccc(C(=O)c2cccc(Cn3ncccc3=O)c2Cl)cc1. The van der Waals surface area contributed by atoms with Gasteiger partial charge in [-0.25, -0.2) is 4.68 Å². The third-order valence-electron chi connectivity index (χ3n) is 3.78. The van der Waals surface area contributed by atoms with E-state index >= 15 is 0 Å². The number of aromatic nitrogens is 2. The summed E-state index contributed by atoms with van der Waals surface area (Å²) in [4.78, 5) is 24.5. The van der Waals surface area contributed by atoms with Crippen LogP contribution in [0.5, 0.6) is 5.75 Å². The van der Waals surface area contributed by atoms with Crippen LogP contribution in [0.3, 0.4) is 0 Å². The Hall–Kier alpha value is -2.92. The molecule has 0 N–H and O–H groups in total. The molecule has 0 aliphatic rings.